The van der Waals surface area contributed by atoms with Crippen molar-refractivity contribution in [2.24, 2.45) is 5.92 Å². The third kappa shape index (κ3) is 4.36. The Hall–Kier alpha value is -0.410. The largest absolute Gasteiger partial charge is 0.303 e. The maximum absolute atomic E-state index is 4.48. The minimum absolute atomic E-state index is 0.812. The molecule has 1 radical (unpaired) electrons. The Kier molecular flexibility index (Phi) is 5.19. The van der Waals surface area contributed by atoms with Gasteiger partial charge in [-0.25, -0.2) is 0 Å². The number of hydrogen-bond acceptors (Lipinski definition) is 2. The molecule has 18 heavy (non-hydrogen) atoms. The van der Waals surface area contributed by atoms with Crippen LogP contribution < -0.4 is 0 Å². The van der Waals surface area contributed by atoms with Crippen LogP contribution in [0, 0.1) is 11.8 Å². The molecule has 2 nitrogen and oxygen atoms in total. The summed E-state index contributed by atoms with van der Waals surface area (Å²) < 4.78 is 1.06. The maximum atomic E-state index is 4.48. The van der Waals surface area contributed by atoms with Gasteiger partial charge in [0.2, 0.25) is 0 Å². The highest BCUT2D eigenvalue weighted by Gasteiger charge is 2.20. The second-order valence-corrected chi connectivity index (χ2v) is 6.51. The van der Waals surface area contributed by atoms with Gasteiger partial charge < -0.3 is 4.90 Å². The summed E-state index contributed by atoms with van der Waals surface area (Å²) in [5.41, 5.74) is 1.23. The smallest absolute Gasteiger partial charge is 0.0413 e. The van der Waals surface area contributed by atoms with Crippen LogP contribution >= 0.6 is 15.9 Å². The van der Waals surface area contributed by atoms with Crippen LogP contribution in [0.25, 0.3) is 0 Å². The summed E-state index contributed by atoms with van der Waals surface area (Å²) in [5, 5.41) is 0. The van der Waals surface area contributed by atoms with Crippen molar-refractivity contribution in [3.63, 3.8) is 0 Å². The fraction of sp³-hybridized carbons (Fsp3) is 0.600. The lowest BCUT2D eigenvalue weighted by molar-refractivity contribution is 0.189. The van der Waals surface area contributed by atoms with Gasteiger partial charge in [0, 0.05) is 22.9 Å². The molecule has 1 aliphatic heterocycles. The van der Waals surface area contributed by atoms with E-state index in [0.29, 0.717) is 0 Å². The van der Waals surface area contributed by atoms with E-state index in [-0.39, 0.29) is 0 Å². The van der Waals surface area contributed by atoms with Gasteiger partial charge in [-0.05, 0) is 72.3 Å². The number of likely N-dealkylation sites (tertiary alicyclic amines) is 1. The monoisotopic (exact) mass is 309 g/mol. The average molecular weight is 310 g/mol. The van der Waals surface area contributed by atoms with Crippen LogP contribution in [-0.4, -0.2) is 29.5 Å². The molecule has 0 bridgehead atoms. The van der Waals surface area contributed by atoms with Gasteiger partial charge in [0.05, 0.1) is 0 Å². The van der Waals surface area contributed by atoms with Crippen LogP contribution in [0.1, 0.15) is 32.4 Å². The van der Waals surface area contributed by atoms with Gasteiger partial charge in [0.1, 0.15) is 0 Å². The second kappa shape index (κ2) is 6.67. The number of hydrogen-bond donors (Lipinski definition) is 0. The van der Waals surface area contributed by atoms with Crippen LogP contribution in [-0.2, 0) is 6.42 Å². The van der Waals surface area contributed by atoms with E-state index in [0.717, 1.165) is 16.8 Å². The van der Waals surface area contributed by atoms with Gasteiger partial charge in [0.15, 0.2) is 0 Å². The highest BCUT2D eigenvalue weighted by molar-refractivity contribution is 9.10. The molecule has 1 aliphatic rings. The van der Waals surface area contributed by atoms with Crippen molar-refractivity contribution in [1.29, 1.82) is 0 Å². The SMILES string of the molecule is C[C](C)CN1CCC(Cc2ccc(Br)cn2)CC1. The molecule has 2 heterocycles. The molecule has 0 aromatic carbocycles. The van der Waals surface area contributed by atoms with Gasteiger partial charge in [-0.3, -0.25) is 4.98 Å². The molecular formula is C15H22BrN2. The van der Waals surface area contributed by atoms with E-state index in [1.807, 2.05) is 6.20 Å². The summed E-state index contributed by atoms with van der Waals surface area (Å²) >= 11 is 3.43. The van der Waals surface area contributed by atoms with E-state index >= 15 is 0 Å². The summed E-state index contributed by atoms with van der Waals surface area (Å²) in [4.78, 5) is 7.05. The first-order valence-corrected chi connectivity index (χ1v) is 7.54. The second-order valence-electron chi connectivity index (χ2n) is 5.60. The maximum Gasteiger partial charge on any atom is 0.0413 e. The molecule has 2 rings (SSSR count). The van der Waals surface area contributed by atoms with E-state index < -0.39 is 0 Å². The lowest BCUT2D eigenvalue weighted by Gasteiger charge is -2.32. The highest BCUT2D eigenvalue weighted by Crippen LogP contribution is 2.22. The van der Waals surface area contributed by atoms with E-state index in [1.165, 1.54) is 44.1 Å². The molecule has 0 aliphatic carbocycles. The van der Waals surface area contributed by atoms with Crippen molar-refractivity contribution < 1.29 is 0 Å². The zero-order valence-corrected chi connectivity index (χ0v) is 12.9. The molecule has 1 fully saturated rings. The van der Waals surface area contributed by atoms with E-state index in [4.69, 9.17) is 0 Å². The third-order valence-corrected chi connectivity index (χ3v) is 4.00. The normalized spacial score (nSPS) is 18.4. The predicted molar refractivity (Wildman–Crippen MR) is 79.4 cm³/mol. The van der Waals surface area contributed by atoms with Gasteiger partial charge in [-0.1, -0.05) is 13.8 Å². The molecule has 0 spiro atoms. The molecule has 1 aromatic heterocycles. The van der Waals surface area contributed by atoms with Crippen molar-refractivity contribution in [3.05, 3.63) is 34.4 Å². The zero-order valence-electron chi connectivity index (χ0n) is 11.3. The van der Waals surface area contributed by atoms with Crippen LogP contribution in [0.15, 0.2) is 22.8 Å². The molecule has 0 unspecified atom stereocenters. The number of piperidine rings is 1. The van der Waals surface area contributed by atoms with Crippen LogP contribution in [0.5, 0.6) is 0 Å². The van der Waals surface area contributed by atoms with E-state index in [1.54, 1.807) is 0 Å². The van der Waals surface area contributed by atoms with Crippen LogP contribution in [0.3, 0.4) is 0 Å². The van der Waals surface area contributed by atoms with Crippen molar-refractivity contribution in [2.75, 3.05) is 19.6 Å². The Morgan fingerprint density at radius 3 is 2.61 bits per heavy atom. The quantitative estimate of drug-likeness (QED) is 0.843. The third-order valence-electron chi connectivity index (χ3n) is 3.53. The average Bonchev–Trinajstić information content (AvgIpc) is 2.34. The van der Waals surface area contributed by atoms with Gasteiger partial charge in [0.25, 0.3) is 0 Å². The van der Waals surface area contributed by atoms with Gasteiger partial charge in [-0.2, -0.15) is 0 Å². The first-order valence-electron chi connectivity index (χ1n) is 6.75. The zero-order chi connectivity index (χ0) is 13.0. The number of pyridine rings is 1. The van der Waals surface area contributed by atoms with E-state index in [9.17, 15) is 0 Å². The van der Waals surface area contributed by atoms with Crippen LogP contribution in [0.4, 0.5) is 0 Å². The van der Waals surface area contributed by atoms with Gasteiger partial charge >= 0.3 is 0 Å². The van der Waals surface area contributed by atoms with Gasteiger partial charge in [-0.15, -0.1) is 0 Å². The van der Waals surface area contributed by atoms with Crippen molar-refractivity contribution >= 4 is 15.9 Å². The Bertz CT molecular complexity index is 353. The predicted octanol–water partition coefficient (Wildman–Crippen LogP) is 3.71. The Labute approximate surface area is 119 Å². The summed E-state index contributed by atoms with van der Waals surface area (Å²) in [7, 11) is 0. The minimum Gasteiger partial charge on any atom is -0.303 e. The molecular weight excluding hydrogens is 288 g/mol. The lowest BCUT2D eigenvalue weighted by Crippen LogP contribution is -2.36. The van der Waals surface area contributed by atoms with Crippen molar-refractivity contribution in [3.8, 4) is 0 Å². The van der Waals surface area contributed by atoms with Crippen molar-refractivity contribution in [1.82, 2.24) is 9.88 Å². The Balaban J connectivity index is 1.78. The fourth-order valence-corrected chi connectivity index (χ4v) is 2.85. The number of halogens is 1. The molecule has 3 heteroatoms. The van der Waals surface area contributed by atoms with Crippen LogP contribution in [0.2, 0.25) is 0 Å². The standard InChI is InChI=1S/C15H22BrN2/c1-12(2)11-18-7-5-13(6-8-18)9-15-4-3-14(16)10-17-15/h3-4,10,13H,5-9,11H2,1-2H3. The number of rotatable bonds is 4. The Morgan fingerprint density at radius 1 is 1.33 bits per heavy atom. The number of nitrogens with zero attached hydrogens (tertiary/aromatic N) is 2. The van der Waals surface area contributed by atoms with E-state index in [2.05, 4.69) is 51.8 Å². The first kappa shape index (κ1) is 14.0. The molecule has 99 valence electrons. The fourth-order valence-electron chi connectivity index (χ4n) is 2.62. The highest BCUT2D eigenvalue weighted by atomic mass is 79.9. The minimum atomic E-state index is 0.812. The molecule has 0 saturated carbocycles. The summed E-state index contributed by atoms with van der Waals surface area (Å²) in [6, 6.07) is 4.23. The molecule has 0 amide bonds. The molecule has 0 atom stereocenters. The summed E-state index contributed by atoms with van der Waals surface area (Å²) in [6.07, 6.45) is 5.66. The van der Waals surface area contributed by atoms with Crippen molar-refractivity contribution in [2.45, 2.75) is 33.1 Å². The number of aromatic nitrogens is 1. The molecule has 0 N–H and O–H groups in total. The summed E-state index contributed by atoms with van der Waals surface area (Å²) in [6.45, 7) is 8.09. The first-order chi connectivity index (χ1) is 8.63. The molecule has 1 aromatic rings. The lowest BCUT2D eigenvalue weighted by atomic mass is 9.91. The topological polar surface area (TPSA) is 16.1 Å². The Morgan fingerprint density at radius 2 is 2.06 bits per heavy atom. The molecule has 1 saturated heterocycles. The summed E-state index contributed by atoms with van der Waals surface area (Å²) in [5.74, 6) is 2.33.